The number of nitrogens with one attached hydrogen (secondary N) is 1. The fourth-order valence-electron chi connectivity index (χ4n) is 4.59. The number of aromatic nitrogens is 3. The molecular weight excluding hydrogens is 470 g/mol. The summed E-state index contributed by atoms with van der Waals surface area (Å²) in [6.45, 7) is 0. The van der Waals surface area contributed by atoms with Crippen LogP contribution in [-0.2, 0) is 0 Å². The first-order valence-electron chi connectivity index (χ1n) is 11.3. The van der Waals surface area contributed by atoms with Crippen LogP contribution in [0, 0.1) is 16.5 Å². The molecule has 178 valence electrons. The summed E-state index contributed by atoms with van der Waals surface area (Å²) in [5.74, 6) is 0.185. The van der Waals surface area contributed by atoms with Crippen LogP contribution in [0.4, 0.5) is 5.69 Å². The van der Waals surface area contributed by atoms with E-state index in [9.17, 15) is 25.8 Å². The second kappa shape index (κ2) is 8.25. The van der Waals surface area contributed by atoms with Crippen LogP contribution >= 0.6 is 0 Å². The Morgan fingerprint density at radius 2 is 1.41 bits per heavy atom. The van der Waals surface area contributed by atoms with Crippen LogP contribution < -0.4 is 19.4 Å². The second-order valence-corrected chi connectivity index (χ2v) is 8.59. The van der Waals surface area contributed by atoms with E-state index in [0.29, 0.717) is 38.6 Å². The second-order valence-electron chi connectivity index (χ2n) is 8.59. The number of phenols is 3. The Kier molecular flexibility index (Phi) is 4.88. The lowest BCUT2D eigenvalue weighted by molar-refractivity contribution is -0.615. The molecule has 0 aliphatic rings. The predicted octanol–water partition coefficient (Wildman–Crippen LogP) is 3.21. The van der Waals surface area contributed by atoms with E-state index in [-0.39, 0.29) is 17.2 Å². The summed E-state index contributed by atoms with van der Waals surface area (Å²) in [7, 11) is 0. The number of hydrogen-bond acceptors (Lipinski definition) is 6. The average Bonchev–Trinajstić information content (AvgIpc) is 2.89. The summed E-state index contributed by atoms with van der Waals surface area (Å²) in [4.78, 5) is 0. The largest absolute Gasteiger partial charge is 0.618 e. The monoisotopic (exact) mass is 489 g/mol. The van der Waals surface area contributed by atoms with Gasteiger partial charge in [-0.15, -0.1) is 0 Å². The van der Waals surface area contributed by atoms with E-state index in [1.807, 2.05) is 16.8 Å². The molecule has 0 radical (unpaired) electrons. The first-order chi connectivity index (χ1) is 17.9. The third-order valence-corrected chi connectivity index (χ3v) is 6.26. The van der Waals surface area contributed by atoms with Crippen molar-refractivity contribution >= 4 is 38.4 Å². The summed E-state index contributed by atoms with van der Waals surface area (Å²) in [5, 5.41) is 54.1. The minimum atomic E-state index is 0.0347. The zero-order valence-corrected chi connectivity index (χ0v) is 19.2. The van der Waals surface area contributed by atoms with Gasteiger partial charge in [-0.05, 0) is 36.4 Å². The fourth-order valence-corrected chi connectivity index (χ4v) is 4.59. The van der Waals surface area contributed by atoms with E-state index in [1.54, 1.807) is 65.5 Å². The maximum Gasteiger partial charge on any atom is 0.243 e. The van der Waals surface area contributed by atoms with Gasteiger partial charge in [-0.25, -0.2) is 0 Å². The van der Waals surface area contributed by atoms with E-state index < -0.39 is 0 Å². The molecule has 3 aromatic carbocycles. The predicted molar refractivity (Wildman–Crippen MR) is 135 cm³/mol. The molecule has 0 aliphatic carbocycles. The highest BCUT2D eigenvalue weighted by molar-refractivity contribution is 5.91. The highest BCUT2D eigenvalue weighted by Crippen LogP contribution is 2.28. The van der Waals surface area contributed by atoms with Crippen molar-refractivity contribution in [3.8, 4) is 29.0 Å². The molecular formula is C28H19N5O4+2. The van der Waals surface area contributed by atoms with E-state index in [4.69, 9.17) is 0 Å². The molecule has 3 heterocycles. The number of anilines is 1. The third kappa shape index (κ3) is 3.69. The van der Waals surface area contributed by atoms with E-state index in [0.717, 1.165) is 15.8 Å². The van der Waals surface area contributed by atoms with Crippen molar-refractivity contribution in [3.05, 3.63) is 102 Å². The Morgan fingerprint density at radius 1 is 0.730 bits per heavy atom. The van der Waals surface area contributed by atoms with E-state index in [2.05, 4.69) is 11.5 Å². The molecule has 0 unspecified atom stereocenters. The quantitative estimate of drug-likeness (QED) is 0.223. The van der Waals surface area contributed by atoms with Crippen LogP contribution in [0.2, 0.25) is 0 Å². The number of benzene rings is 3. The van der Waals surface area contributed by atoms with Gasteiger partial charge in [0.15, 0.2) is 12.4 Å². The van der Waals surface area contributed by atoms with Crippen molar-refractivity contribution in [2.45, 2.75) is 0 Å². The van der Waals surface area contributed by atoms with Crippen LogP contribution in [0.25, 0.3) is 38.4 Å². The van der Waals surface area contributed by atoms with Crippen LogP contribution in [0.1, 0.15) is 5.56 Å². The zero-order valence-electron chi connectivity index (χ0n) is 19.2. The molecule has 37 heavy (non-hydrogen) atoms. The number of phenolic OH excluding ortho intramolecular Hbond substituents is 3. The summed E-state index contributed by atoms with van der Waals surface area (Å²) >= 11 is 0. The molecule has 0 saturated heterocycles. The van der Waals surface area contributed by atoms with E-state index >= 15 is 0 Å². The van der Waals surface area contributed by atoms with Gasteiger partial charge in [-0.1, -0.05) is 4.68 Å². The minimum absolute atomic E-state index is 0.0347. The van der Waals surface area contributed by atoms with Crippen LogP contribution in [0.15, 0.2) is 91.4 Å². The molecule has 0 saturated carbocycles. The Labute approximate surface area is 209 Å². The van der Waals surface area contributed by atoms with Crippen LogP contribution in [-0.4, -0.2) is 15.3 Å². The number of nitrogens with zero attached hydrogens (tertiary/aromatic N) is 4. The number of pyridine rings is 3. The van der Waals surface area contributed by atoms with Gasteiger partial charge >= 0.3 is 0 Å². The standard InChI is InChI=1S/C28H17N5O4/c29-15-17-11-18-12-19(34)1-4-25(18)32(16-17)30-24-7-9-31(26-5-2-20(35)13-22(24)26)27-8-10-33(37)28-6-3-21(36)14-23(27)28/h1-14,16H,(H2-,34,35,36)/p+2. The summed E-state index contributed by atoms with van der Waals surface area (Å²) in [5.41, 5.74) is 6.85. The number of hydrogen-bond donors (Lipinski definition) is 4. The van der Waals surface area contributed by atoms with E-state index in [1.165, 1.54) is 18.3 Å². The Bertz CT molecular complexity index is 1930. The molecule has 0 bridgehead atoms. The van der Waals surface area contributed by atoms with Crippen molar-refractivity contribution in [2.75, 3.05) is 5.43 Å². The Balaban J connectivity index is 1.58. The average molecular weight is 489 g/mol. The van der Waals surface area contributed by atoms with Gasteiger partial charge in [0.2, 0.25) is 28.4 Å². The lowest BCUT2D eigenvalue weighted by atomic mass is 10.1. The smallest absolute Gasteiger partial charge is 0.243 e. The molecule has 0 aliphatic heterocycles. The maximum atomic E-state index is 12.4. The van der Waals surface area contributed by atoms with Gasteiger partial charge in [0.25, 0.3) is 0 Å². The molecule has 6 rings (SSSR count). The first-order valence-corrected chi connectivity index (χ1v) is 11.3. The van der Waals surface area contributed by atoms with Crippen LogP contribution in [0.3, 0.4) is 0 Å². The van der Waals surface area contributed by atoms with Crippen molar-refractivity contribution in [1.82, 2.24) is 0 Å². The maximum absolute atomic E-state index is 12.4. The number of rotatable bonds is 3. The molecule has 0 spiro atoms. The summed E-state index contributed by atoms with van der Waals surface area (Å²) in [6, 6.07) is 21.7. The molecule has 9 heteroatoms. The van der Waals surface area contributed by atoms with Crippen molar-refractivity contribution < 1.29 is 29.3 Å². The number of nitriles is 1. The van der Waals surface area contributed by atoms with Gasteiger partial charge in [0.1, 0.15) is 40.0 Å². The molecule has 9 nitrogen and oxygen atoms in total. The Hall–Kier alpha value is -5.62. The number of fused-ring (bicyclic) bond motifs is 3. The molecule has 6 aromatic rings. The normalized spacial score (nSPS) is 11.1. The lowest BCUT2D eigenvalue weighted by Crippen LogP contribution is -2.43. The fraction of sp³-hybridized carbons (Fsp3) is 0. The third-order valence-electron chi connectivity index (χ3n) is 6.26. The highest BCUT2D eigenvalue weighted by atomic mass is 16.5. The molecule has 4 N–H and O–H groups in total. The molecule has 0 fully saturated rings. The molecule has 0 atom stereocenters. The lowest BCUT2D eigenvalue weighted by Gasteiger charge is -2.09. The molecule has 0 amide bonds. The van der Waals surface area contributed by atoms with Gasteiger partial charge in [0, 0.05) is 30.3 Å². The Morgan fingerprint density at radius 3 is 2.16 bits per heavy atom. The topological polar surface area (TPSA) is 131 Å². The van der Waals surface area contributed by atoms with Gasteiger partial charge in [0.05, 0.1) is 16.8 Å². The van der Waals surface area contributed by atoms with Gasteiger partial charge in [-0.2, -0.15) is 20.0 Å². The summed E-state index contributed by atoms with van der Waals surface area (Å²) < 4.78 is 4.30. The zero-order chi connectivity index (χ0) is 25.7. The minimum Gasteiger partial charge on any atom is -0.618 e. The van der Waals surface area contributed by atoms with Crippen molar-refractivity contribution in [2.24, 2.45) is 0 Å². The number of aromatic hydroxyl groups is 3. The van der Waals surface area contributed by atoms with Crippen LogP contribution in [0.5, 0.6) is 17.2 Å². The SMILES string of the molecule is N#Cc1cc2cc(O)ccc2[n+](Nc2cc[n+](-c3cc[n+]([O-])c4ccc(O)cc34)c3ccc(O)cc23)c1. The van der Waals surface area contributed by atoms with Crippen molar-refractivity contribution in [1.29, 1.82) is 5.26 Å². The van der Waals surface area contributed by atoms with Gasteiger partial charge < -0.3 is 20.5 Å². The summed E-state index contributed by atoms with van der Waals surface area (Å²) in [6.07, 6.45) is 4.87. The first kappa shape index (κ1) is 21.9. The highest BCUT2D eigenvalue weighted by Gasteiger charge is 2.23. The van der Waals surface area contributed by atoms with Gasteiger partial charge in [-0.3, -0.25) is 0 Å². The van der Waals surface area contributed by atoms with Crippen molar-refractivity contribution in [3.63, 3.8) is 0 Å². The molecule has 3 aromatic heterocycles.